The van der Waals surface area contributed by atoms with E-state index in [4.69, 9.17) is 10.2 Å². The van der Waals surface area contributed by atoms with Crippen molar-refractivity contribution in [3.05, 3.63) is 212 Å². The summed E-state index contributed by atoms with van der Waals surface area (Å²) in [6.45, 7) is 0. The molecule has 0 saturated heterocycles. The number of para-hydroxylation sites is 1. The molecule has 0 fully saturated rings. The molecular weight excluding hydrogens is 647 g/mol. The highest BCUT2D eigenvalue weighted by Crippen LogP contribution is 2.37. The summed E-state index contributed by atoms with van der Waals surface area (Å²) >= 11 is 0. The average Bonchev–Trinajstić information content (AvgIpc) is 3.90. The fraction of sp³-hybridized carbons (Fsp3) is 0. The molecule has 252 valence electrons. The van der Waals surface area contributed by atoms with Crippen LogP contribution in [0.4, 0.5) is 17.1 Å². The summed E-state index contributed by atoms with van der Waals surface area (Å²) in [4.78, 5) is 2.28. The molecule has 2 heterocycles. The van der Waals surface area contributed by atoms with Crippen LogP contribution in [0.5, 0.6) is 0 Å². The van der Waals surface area contributed by atoms with Gasteiger partial charge in [0.2, 0.25) is 0 Å². The SMILES string of the molecule is c1ccc(-c2cc(-c3ccccc3)n(-c3ccc(N(c4ccccc4)c4ccc(-n5nc(-c6ccccc6)cc5-c5ccccc5)cc4)cc3)n2)cc1. The van der Waals surface area contributed by atoms with Gasteiger partial charge in [-0.25, -0.2) is 9.36 Å². The first-order valence-corrected chi connectivity index (χ1v) is 17.8. The van der Waals surface area contributed by atoms with Gasteiger partial charge in [-0.3, -0.25) is 0 Å². The van der Waals surface area contributed by atoms with Crippen molar-refractivity contribution in [3.63, 3.8) is 0 Å². The molecule has 0 aliphatic carbocycles. The summed E-state index contributed by atoms with van der Waals surface area (Å²) in [7, 11) is 0. The van der Waals surface area contributed by atoms with Crippen molar-refractivity contribution in [2.75, 3.05) is 4.90 Å². The van der Waals surface area contributed by atoms with E-state index in [-0.39, 0.29) is 0 Å². The maximum Gasteiger partial charge on any atom is 0.0934 e. The van der Waals surface area contributed by atoms with E-state index < -0.39 is 0 Å². The normalized spacial score (nSPS) is 11.0. The van der Waals surface area contributed by atoms with Gasteiger partial charge in [-0.05, 0) is 72.8 Å². The summed E-state index contributed by atoms with van der Waals surface area (Å²) in [6.07, 6.45) is 0. The standard InChI is InChI=1S/C48H35N5/c1-6-16-36(17-7-1)45-34-47(38-20-10-3-11-21-38)52(49-45)43-30-26-41(27-31-43)51(40-24-14-5-15-25-40)42-28-32-44(33-29-42)53-48(39-22-12-4-13-23-39)35-46(50-53)37-18-8-2-9-19-37/h1-35H. The molecule has 0 atom stereocenters. The van der Waals surface area contributed by atoms with Crippen molar-refractivity contribution in [3.8, 4) is 56.4 Å². The number of hydrogen-bond donors (Lipinski definition) is 0. The van der Waals surface area contributed by atoms with Crippen molar-refractivity contribution >= 4 is 17.1 Å². The van der Waals surface area contributed by atoms with E-state index in [9.17, 15) is 0 Å². The van der Waals surface area contributed by atoms with Crippen molar-refractivity contribution in [1.29, 1.82) is 0 Å². The number of rotatable bonds is 9. The molecule has 0 amide bonds. The fourth-order valence-corrected chi connectivity index (χ4v) is 6.79. The van der Waals surface area contributed by atoms with Crippen molar-refractivity contribution < 1.29 is 0 Å². The zero-order chi connectivity index (χ0) is 35.4. The molecule has 5 nitrogen and oxygen atoms in total. The first kappa shape index (κ1) is 31.7. The highest BCUT2D eigenvalue weighted by molar-refractivity contribution is 5.78. The van der Waals surface area contributed by atoms with Gasteiger partial charge < -0.3 is 4.90 Å². The van der Waals surface area contributed by atoms with Gasteiger partial charge in [-0.1, -0.05) is 140 Å². The van der Waals surface area contributed by atoms with Gasteiger partial charge in [0.15, 0.2) is 0 Å². The summed E-state index contributed by atoms with van der Waals surface area (Å²) in [5, 5.41) is 10.2. The Kier molecular flexibility index (Phi) is 8.48. The highest BCUT2D eigenvalue weighted by Gasteiger charge is 2.18. The first-order valence-electron chi connectivity index (χ1n) is 17.8. The minimum absolute atomic E-state index is 0.933. The van der Waals surface area contributed by atoms with Gasteiger partial charge in [0, 0.05) is 39.3 Å². The Morgan fingerprint density at radius 2 is 0.604 bits per heavy atom. The summed E-state index contributed by atoms with van der Waals surface area (Å²) < 4.78 is 4.09. The highest BCUT2D eigenvalue weighted by atomic mass is 15.3. The Labute approximate surface area is 309 Å². The lowest BCUT2D eigenvalue weighted by molar-refractivity contribution is 0.891. The monoisotopic (exact) mass is 681 g/mol. The van der Waals surface area contributed by atoms with Crippen LogP contribution in [-0.2, 0) is 0 Å². The van der Waals surface area contributed by atoms with E-state index in [1.165, 1.54) is 0 Å². The molecule has 0 aliphatic heterocycles. The Balaban J connectivity index is 1.09. The fourth-order valence-electron chi connectivity index (χ4n) is 6.79. The lowest BCUT2D eigenvalue weighted by Gasteiger charge is -2.26. The molecule has 5 heteroatoms. The Bertz CT molecular complexity index is 2400. The lowest BCUT2D eigenvalue weighted by atomic mass is 10.1. The zero-order valence-electron chi connectivity index (χ0n) is 28.9. The number of nitrogens with zero attached hydrogens (tertiary/aromatic N) is 5. The third-order valence-electron chi connectivity index (χ3n) is 9.42. The zero-order valence-corrected chi connectivity index (χ0v) is 28.9. The molecule has 0 saturated carbocycles. The minimum atomic E-state index is 0.933. The molecule has 0 spiro atoms. The molecule has 0 aliphatic rings. The molecule has 0 bridgehead atoms. The van der Waals surface area contributed by atoms with Crippen LogP contribution in [0.25, 0.3) is 56.4 Å². The molecule has 7 aromatic carbocycles. The average molecular weight is 682 g/mol. The predicted octanol–water partition coefficient (Wildman–Crippen LogP) is 12.2. The molecule has 53 heavy (non-hydrogen) atoms. The summed E-state index contributed by atoms with van der Waals surface area (Å²) in [5.41, 5.74) is 13.5. The van der Waals surface area contributed by atoms with Gasteiger partial charge in [0.1, 0.15) is 0 Å². The third-order valence-corrected chi connectivity index (χ3v) is 9.42. The van der Waals surface area contributed by atoms with Crippen LogP contribution in [-0.4, -0.2) is 19.6 Å². The third kappa shape index (κ3) is 6.44. The van der Waals surface area contributed by atoms with Gasteiger partial charge in [0.25, 0.3) is 0 Å². The number of benzene rings is 7. The first-order chi connectivity index (χ1) is 26.3. The van der Waals surface area contributed by atoms with Crippen LogP contribution < -0.4 is 4.90 Å². The smallest absolute Gasteiger partial charge is 0.0934 e. The number of hydrogen-bond acceptors (Lipinski definition) is 3. The molecule has 2 aromatic heterocycles. The second kappa shape index (κ2) is 14.2. The summed E-state index contributed by atoms with van der Waals surface area (Å²) in [5.74, 6) is 0. The Hall–Kier alpha value is -7.24. The van der Waals surface area contributed by atoms with Crippen molar-refractivity contribution in [2.24, 2.45) is 0 Å². The van der Waals surface area contributed by atoms with Crippen molar-refractivity contribution in [2.45, 2.75) is 0 Å². The van der Waals surface area contributed by atoms with E-state index in [0.29, 0.717) is 0 Å². The topological polar surface area (TPSA) is 38.9 Å². The van der Waals surface area contributed by atoms with E-state index in [1.807, 2.05) is 39.7 Å². The molecule has 0 radical (unpaired) electrons. The van der Waals surface area contributed by atoms with E-state index >= 15 is 0 Å². The van der Waals surface area contributed by atoms with Crippen LogP contribution >= 0.6 is 0 Å². The van der Waals surface area contributed by atoms with Gasteiger partial charge in [-0.15, -0.1) is 0 Å². The quantitative estimate of drug-likeness (QED) is 0.152. The molecule has 0 unspecified atom stereocenters. The molecule has 9 aromatic rings. The lowest BCUT2D eigenvalue weighted by Crippen LogP contribution is -2.10. The Morgan fingerprint density at radius 1 is 0.302 bits per heavy atom. The van der Waals surface area contributed by atoms with Crippen LogP contribution in [0, 0.1) is 0 Å². The van der Waals surface area contributed by atoms with E-state index in [1.54, 1.807) is 0 Å². The molecular formula is C48H35N5. The molecule has 9 rings (SSSR count). The summed E-state index contributed by atoms with van der Waals surface area (Å²) in [6, 6.07) is 73.6. The van der Waals surface area contributed by atoms with Crippen LogP contribution in [0.15, 0.2) is 212 Å². The van der Waals surface area contributed by atoms with Crippen LogP contribution in [0.1, 0.15) is 0 Å². The van der Waals surface area contributed by atoms with Gasteiger partial charge >= 0.3 is 0 Å². The van der Waals surface area contributed by atoms with Crippen molar-refractivity contribution in [1.82, 2.24) is 19.6 Å². The molecule has 0 N–H and O–H groups in total. The maximum absolute atomic E-state index is 5.10. The predicted molar refractivity (Wildman–Crippen MR) is 217 cm³/mol. The number of aromatic nitrogens is 4. The second-order valence-corrected chi connectivity index (χ2v) is 12.8. The maximum atomic E-state index is 5.10. The van der Waals surface area contributed by atoms with Crippen LogP contribution in [0.3, 0.4) is 0 Å². The largest absolute Gasteiger partial charge is 0.311 e. The Morgan fingerprint density at radius 3 is 0.962 bits per heavy atom. The van der Waals surface area contributed by atoms with Crippen LogP contribution in [0.2, 0.25) is 0 Å². The van der Waals surface area contributed by atoms with E-state index in [0.717, 1.165) is 73.5 Å². The van der Waals surface area contributed by atoms with Gasteiger partial charge in [-0.2, -0.15) is 10.2 Å². The van der Waals surface area contributed by atoms with E-state index in [2.05, 4.69) is 187 Å². The minimum Gasteiger partial charge on any atom is -0.311 e. The van der Waals surface area contributed by atoms with Gasteiger partial charge in [0.05, 0.1) is 34.2 Å². The number of anilines is 3. The second-order valence-electron chi connectivity index (χ2n) is 12.8.